The van der Waals surface area contributed by atoms with Crippen LogP contribution >= 0.6 is 0 Å². The van der Waals surface area contributed by atoms with E-state index in [-0.39, 0.29) is 11.7 Å². The third-order valence-corrected chi connectivity index (χ3v) is 5.80. The smallest absolute Gasteiger partial charge is 0.253 e. The number of aryl methyl sites for hydroxylation is 1. The first-order chi connectivity index (χ1) is 12.4. The Hall–Kier alpha value is -2.20. The second-order valence-corrected chi connectivity index (χ2v) is 8.02. The van der Waals surface area contributed by atoms with Crippen molar-refractivity contribution in [3.05, 3.63) is 59.4 Å². The number of hydrogen-bond donors (Lipinski definition) is 0. The summed E-state index contributed by atoms with van der Waals surface area (Å²) in [6, 6.07) is 12.4. The molecule has 2 fully saturated rings. The van der Waals surface area contributed by atoms with Crippen molar-refractivity contribution < 1.29 is 9.18 Å². The fourth-order valence-electron chi connectivity index (χ4n) is 4.34. The Morgan fingerprint density at radius 1 is 1.12 bits per heavy atom. The number of carbonyl (C=O) groups excluding carboxylic acids is 1. The molecular weight excluding hydrogens is 327 g/mol. The Labute approximate surface area is 154 Å². The van der Waals surface area contributed by atoms with E-state index < -0.39 is 0 Å². The van der Waals surface area contributed by atoms with E-state index in [9.17, 15) is 9.18 Å². The zero-order chi connectivity index (χ0) is 18.4. The van der Waals surface area contributed by atoms with E-state index in [2.05, 4.69) is 19.0 Å². The highest BCUT2D eigenvalue weighted by molar-refractivity contribution is 5.95. The lowest BCUT2D eigenvalue weighted by molar-refractivity contribution is 0.0765. The maximum absolute atomic E-state index is 14.1. The van der Waals surface area contributed by atoms with Crippen LogP contribution in [0.5, 0.6) is 0 Å². The van der Waals surface area contributed by atoms with E-state index >= 15 is 0 Å². The number of hydrogen-bond acceptors (Lipinski definition) is 2. The maximum atomic E-state index is 14.1. The summed E-state index contributed by atoms with van der Waals surface area (Å²) in [4.78, 5) is 17.0. The van der Waals surface area contributed by atoms with Gasteiger partial charge in [0, 0.05) is 30.8 Å². The molecule has 4 heteroatoms. The van der Waals surface area contributed by atoms with E-state index in [0.717, 1.165) is 36.7 Å². The van der Waals surface area contributed by atoms with Crippen molar-refractivity contribution in [2.75, 3.05) is 33.7 Å². The topological polar surface area (TPSA) is 23.6 Å². The molecule has 4 rings (SSSR count). The zero-order valence-corrected chi connectivity index (χ0v) is 15.6. The van der Waals surface area contributed by atoms with E-state index in [1.807, 2.05) is 42.2 Å². The van der Waals surface area contributed by atoms with Gasteiger partial charge in [-0.15, -0.1) is 0 Å². The quantitative estimate of drug-likeness (QED) is 0.838. The van der Waals surface area contributed by atoms with Gasteiger partial charge >= 0.3 is 0 Å². The van der Waals surface area contributed by atoms with Crippen LogP contribution in [0.4, 0.5) is 4.39 Å². The molecule has 0 bridgehead atoms. The summed E-state index contributed by atoms with van der Waals surface area (Å²) in [7, 11) is 4.21. The molecule has 2 aliphatic rings. The summed E-state index contributed by atoms with van der Waals surface area (Å²) >= 11 is 0. The van der Waals surface area contributed by atoms with Gasteiger partial charge in [0.15, 0.2) is 0 Å². The second-order valence-electron chi connectivity index (χ2n) is 8.02. The fraction of sp³-hybridized carbons (Fsp3) is 0.409. The monoisotopic (exact) mass is 352 g/mol. The highest BCUT2D eigenvalue weighted by Crippen LogP contribution is 2.52. The van der Waals surface area contributed by atoms with Crippen molar-refractivity contribution in [3.63, 3.8) is 0 Å². The number of nitrogens with zero attached hydrogens (tertiary/aromatic N) is 2. The minimum atomic E-state index is -0.235. The summed E-state index contributed by atoms with van der Waals surface area (Å²) in [5, 5.41) is 0. The molecule has 136 valence electrons. The molecule has 0 aromatic heterocycles. The van der Waals surface area contributed by atoms with Crippen molar-refractivity contribution in [2.45, 2.75) is 6.92 Å². The summed E-state index contributed by atoms with van der Waals surface area (Å²) < 4.78 is 14.1. The average Bonchev–Trinajstić information content (AvgIpc) is 3.05. The second kappa shape index (κ2) is 6.51. The molecule has 2 aromatic rings. The zero-order valence-electron chi connectivity index (χ0n) is 15.6. The number of likely N-dealkylation sites (tertiary alicyclic amines) is 1. The number of halogens is 1. The van der Waals surface area contributed by atoms with Gasteiger partial charge in [-0.1, -0.05) is 23.8 Å². The summed E-state index contributed by atoms with van der Waals surface area (Å²) in [5.41, 5.74) is 3.09. The van der Waals surface area contributed by atoms with Crippen LogP contribution < -0.4 is 0 Å². The maximum Gasteiger partial charge on any atom is 0.253 e. The van der Waals surface area contributed by atoms with Crippen LogP contribution in [0, 0.1) is 30.5 Å². The van der Waals surface area contributed by atoms with Crippen LogP contribution in [-0.2, 0) is 0 Å². The number of fused-ring (bicyclic) bond motifs is 1. The van der Waals surface area contributed by atoms with Gasteiger partial charge in [-0.3, -0.25) is 4.79 Å². The van der Waals surface area contributed by atoms with E-state index in [0.29, 0.717) is 23.0 Å². The molecule has 1 aliphatic heterocycles. The van der Waals surface area contributed by atoms with E-state index in [1.54, 1.807) is 6.07 Å². The highest BCUT2D eigenvalue weighted by atomic mass is 19.1. The Bertz CT molecular complexity index is 819. The number of piperidine rings is 1. The van der Waals surface area contributed by atoms with Crippen molar-refractivity contribution >= 4 is 5.91 Å². The molecule has 1 unspecified atom stereocenters. The van der Waals surface area contributed by atoms with Crippen LogP contribution in [-0.4, -0.2) is 49.4 Å². The third kappa shape index (κ3) is 3.14. The SMILES string of the molecule is Cc1ccc(F)c(-c2ccc(C(=O)N3C[C@@H]4C(CN(C)C)[C@@H]4C3)cc2)c1. The third-order valence-electron chi connectivity index (χ3n) is 5.80. The van der Waals surface area contributed by atoms with Gasteiger partial charge in [-0.25, -0.2) is 4.39 Å². The van der Waals surface area contributed by atoms with Crippen molar-refractivity contribution in [1.82, 2.24) is 9.80 Å². The molecule has 1 amide bonds. The van der Waals surface area contributed by atoms with Crippen LogP contribution in [0.2, 0.25) is 0 Å². The van der Waals surface area contributed by atoms with Crippen LogP contribution in [0.15, 0.2) is 42.5 Å². The Morgan fingerprint density at radius 2 is 1.77 bits per heavy atom. The van der Waals surface area contributed by atoms with Gasteiger partial charge in [-0.05, 0) is 68.6 Å². The molecule has 1 saturated carbocycles. The number of amides is 1. The van der Waals surface area contributed by atoms with Gasteiger partial charge in [0.1, 0.15) is 5.82 Å². The first-order valence-electron chi connectivity index (χ1n) is 9.24. The summed E-state index contributed by atoms with van der Waals surface area (Å²) in [5.74, 6) is 1.95. The predicted octanol–water partition coefficient (Wildman–Crippen LogP) is 3.68. The Balaban J connectivity index is 1.43. The molecule has 1 aliphatic carbocycles. The van der Waals surface area contributed by atoms with Crippen LogP contribution in [0.3, 0.4) is 0 Å². The number of rotatable bonds is 4. The van der Waals surface area contributed by atoms with Crippen LogP contribution in [0.1, 0.15) is 15.9 Å². The first kappa shape index (κ1) is 17.2. The predicted molar refractivity (Wildman–Crippen MR) is 102 cm³/mol. The Kier molecular flexibility index (Phi) is 4.31. The molecule has 1 heterocycles. The first-order valence-corrected chi connectivity index (χ1v) is 9.24. The largest absolute Gasteiger partial charge is 0.338 e. The van der Waals surface area contributed by atoms with Crippen molar-refractivity contribution in [1.29, 1.82) is 0 Å². The average molecular weight is 352 g/mol. The molecule has 0 N–H and O–H groups in total. The molecule has 2 aromatic carbocycles. The minimum Gasteiger partial charge on any atom is -0.338 e. The van der Waals surface area contributed by atoms with Gasteiger partial charge in [0.25, 0.3) is 5.91 Å². The normalized spacial score (nSPS) is 24.0. The standard InChI is InChI=1S/C22H25FN2O/c1-14-4-9-21(23)17(10-14)15-5-7-16(8-6-15)22(26)25-12-19-18(11-24(2)3)20(19)13-25/h4-10,18-20H,11-13H2,1-3H3/t18?,19-,20+. The molecule has 3 atom stereocenters. The van der Waals surface area contributed by atoms with E-state index in [4.69, 9.17) is 0 Å². The lowest BCUT2D eigenvalue weighted by Gasteiger charge is -2.21. The Morgan fingerprint density at radius 3 is 2.38 bits per heavy atom. The highest BCUT2D eigenvalue weighted by Gasteiger charge is 2.56. The lowest BCUT2D eigenvalue weighted by Crippen LogP contribution is -2.33. The van der Waals surface area contributed by atoms with Crippen LogP contribution in [0.25, 0.3) is 11.1 Å². The van der Waals surface area contributed by atoms with Gasteiger partial charge < -0.3 is 9.80 Å². The summed E-state index contributed by atoms with van der Waals surface area (Å²) in [6.45, 7) is 4.81. The lowest BCUT2D eigenvalue weighted by atomic mass is 10.0. The van der Waals surface area contributed by atoms with Gasteiger partial charge in [-0.2, -0.15) is 0 Å². The minimum absolute atomic E-state index is 0.0945. The van der Waals surface area contributed by atoms with E-state index in [1.165, 1.54) is 6.07 Å². The molecule has 0 radical (unpaired) electrons. The van der Waals surface area contributed by atoms with Crippen molar-refractivity contribution in [2.24, 2.45) is 17.8 Å². The molecular formula is C22H25FN2O. The van der Waals surface area contributed by atoms with Gasteiger partial charge in [0.2, 0.25) is 0 Å². The summed E-state index contributed by atoms with van der Waals surface area (Å²) in [6.07, 6.45) is 0. The molecule has 3 nitrogen and oxygen atoms in total. The van der Waals surface area contributed by atoms with Crippen molar-refractivity contribution in [3.8, 4) is 11.1 Å². The number of carbonyl (C=O) groups is 1. The molecule has 1 saturated heterocycles. The molecule has 26 heavy (non-hydrogen) atoms. The fourth-order valence-corrected chi connectivity index (χ4v) is 4.34. The molecule has 0 spiro atoms. The number of benzene rings is 2. The van der Waals surface area contributed by atoms with Gasteiger partial charge in [0.05, 0.1) is 0 Å².